The van der Waals surface area contributed by atoms with Crippen LogP contribution in [-0.4, -0.2) is 50.3 Å². The molecule has 0 saturated heterocycles. The highest BCUT2D eigenvalue weighted by atomic mass is 32.1. The zero-order valence-corrected chi connectivity index (χ0v) is 17.8. The van der Waals surface area contributed by atoms with Crippen molar-refractivity contribution in [3.05, 3.63) is 57.3 Å². The lowest BCUT2D eigenvalue weighted by molar-refractivity contribution is -0.176. The van der Waals surface area contributed by atoms with E-state index in [9.17, 15) is 13.2 Å². The van der Waals surface area contributed by atoms with Crippen LogP contribution in [0.25, 0.3) is 0 Å². The molecular weight excluding hydrogens is 413 g/mol. The van der Waals surface area contributed by atoms with Crippen molar-refractivity contribution in [3.8, 4) is 0 Å². The van der Waals surface area contributed by atoms with Gasteiger partial charge in [0.15, 0.2) is 5.96 Å². The third kappa shape index (κ3) is 7.30. The molecule has 2 heterocycles. The number of halogens is 3. The van der Waals surface area contributed by atoms with E-state index in [0.717, 1.165) is 44.1 Å². The van der Waals surface area contributed by atoms with E-state index < -0.39 is 12.8 Å². The summed E-state index contributed by atoms with van der Waals surface area (Å²) in [6.45, 7) is 3.12. The third-order valence-corrected chi connectivity index (χ3v) is 5.87. The lowest BCUT2D eigenvalue weighted by atomic mass is 10.1. The van der Waals surface area contributed by atoms with Gasteiger partial charge in [0.25, 0.3) is 0 Å². The van der Waals surface area contributed by atoms with Crippen LogP contribution in [0.3, 0.4) is 0 Å². The highest BCUT2D eigenvalue weighted by molar-refractivity contribution is 7.10. The van der Waals surface area contributed by atoms with Crippen LogP contribution in [0.15, 0.2) is 40.7 Å². The fraction of sp³-hybridized carbons (Fsp3) is 0.476. The normalized spacial score (nSPS) is 15.1. The smallest absolute Gasteiger partial charge is 0.367 e. The minimum absolute atomic E-state index is 0.0557. The minimum atomic E-state index is -4.30. The van der Waals surface area contributed by atoms with Gasteiger partial charge in [0.05, 0.1) is 6.61 Å². The number of aliphatic imine (C=N–C) groups is 1. The molecule has 9 heteroatoms. The van der Waals surface area contributed by atoms with Crippen molar-refractivity contribution in [2.24, 2.45) is 4.99 Å². The van der Waals surface area contributed by atoms with E-state index in [-0.39, 0.29) is 6.61 Å². The molecule has 0 bridgehead atoms. The summed E-state index contributed by atoms with van der Waals surface area (Å²) >= 11 is 1.85. The number of hydrogen-bond acceptors (Lipinski definition) is 4. The van der Waals surface area contributed by atoms with Gasteiger partial charge in [-0.3, -0.25) is 9.89 Å². The second kappa shape index (κ2) is 10.8. The summed E-state index contributed by atoms with van der Waals surface area (Å²) in [6.07, 6.45) is -3.18. The number of fused-ring (bicyclic) bond motifs is 1. The van der Waals surface area contributed by atoms with E-state index in [4.69, 9.17) is 0 Å². The van der Waals surface area contributed by atoms with Crippen LogP contribution in [-0.2, 0) is 30.9 Å². The number of alkyl halides is 3. The zero-order chi connectivity index (χ0) is 21.4. The van der Waals surface area contributed by atoms with Crippen molar-refractivity contribution in [3.63, 3.8) is 0 Å². The fourth-order valence-corrected chi connectivity index (χ4v) is 4.16. The predicted octanol–water partition coefficient (Wildman–Crippen LogP) is 3.55. The average molecular weight is 441 g/mol. The Morgan fingerprint density at radius 1 is 1.17 bits per heavy atom. The molecule has 2 aromatic rings. The summed E-state index contributed by atoms with van der Waals surface area (Å²) in [5.41, 5.74) is 3.17. The molecule has 1 aromatic carbocycles. The number of nitrogens with one attached hydrogen (secondary N) is 2. The maximum atomic E-state index is 12.1. The van der Waals surface area contributed by atoms with Crippen molar-refractivity contribution >= 4 is 17.3 Å². The SMILES string of the molecule is CN=C(NCCN1CCc2sccc2C1)NCc1ccc(COCC(F)(F)F)cc1. The largest absolute Gasteiger partial charge is 0.411 e. The Balaban J connectivity index is 1.35. The molecule has 2 N–H and O–H groups in total. The van der Waals surface area contributed by atoms with Gasteiger partial charge < -0.3 is 15.4 Å². The Hall–Kier alpha value is -2.10. The number of hydrogen-bond donors (Lipinski definition) is 2. The molecule has 0 atom stereocenters. The Labute approximate surface area is 179 Å². The van der Waals surface area contributed by atoms with Gasteiger partial charge in [0.1, 0.15) is 6.61 Å². The van der Waals surface area contributed by atoms with Gasteiger partial charge in [-0.25, -0.2) is 0 Å². The summed E-state index contributed by atoms with van der Waals surface area (Å²) < 4.78 is 41.0. The Bertz CT molecular complexity index is 820. The van der Waals surface area contributed by atoms with Crippen LogP contribution in [0, 0.1) is 0 Å². The highest BCUT2D eigenvalue weighted by Gasteiger charge is 2.27. The van der Waals surface area contributed by atoms with Crippen molar-refractivity contribution in [1.82, 2.24) is 15.5 Å². The molecule has 0 radical (unpaired) electrons. The predicted molar refractivity (Wildman–Crippen MR) is 114 cm³/mol. The molecule has 0 fully saturated rings. The average Bonchev–Trinajstić information content (AvgIpc) is 3.18. The van der Waals surface area contributed by atoms with E-state index in [2.05, 4.69) is 36.7 Å². The van der Waals surface area contributed by atoms with Crippen LogP contribution in [0.5, 0.6) is 0 Å². The molecule has 1 aromatic heterocycles. The van der Waals surface area contributed by atoms with Crippen molar-refractivity contribution in [2.45, 2.75) is 32.3 Å². The summed E-state index contributed by atoms with van der Waals surface area (Å²) in [5, 5.41) is 8.76. The molecule has 1 aliphatic heterocycles. The minimum Gasteiger partial charge on any atom is -0.367 e. The lowest BCUT2D eigenvalue weighted by Crippen LogP contribution is -2.42. The lowest BCUT2D eigenvalue weighted by Gasteiger charge is -2.27. The maximum absolute atomic E-state index is 12.1. The van der Waals surface area contributed by atoms with Crippen molar-refractivity contribution < 1.29 is 17.9 Å². The molecule has 164 valence electrons. The quantitative estimate of drug-likeness (QED) is 0.487. The van der Waals surface area contributed by atoms with Crippen molar-refractivity contribution in [1.29, 1.82) is 0 Å². The Kier molecular flexibility index (Phi) is 8.12. The standard InChI is InChI=1S/C21H27F3N4OS/c1-25-20(26-8-10-28-9-6-19-18(13-28)7-11-30-19)27-12-16-2-4-17(5-3-16)14-29-15-21(22,23)24/h2-5,7,11H,6,8-10,12-15H2,1H3,(H2,25,26,27). The topological polar surface area (TPSA) is 48.9 Å². The number of ether oxygens (including phenoxy) is 1. The van der Waals surface area contributed by atoms with Crippen molar-refractivity contribution in [2.75, 3.05) is 33.3 Å². The first-order valence-corrected chi connectivity index (χ1v) is 10.8. The van der Waals surface area contributed by atoms with Gasteiger partial charge in [0.2, 0.25) is 0 Å². The number of nitrogens with zero attached hydrogens (tertiary/aromatic N) is 2. The van der Waals surface area contributed by atoms with Gasteiger partial charge >= 0.3 is 6.18 Å². The summed E-state index contributed by atoms with van der Waals surface area (Å²) in [7, 11) is 1.73. The van der Waals surface area contributed by atoms with Gasteiger partial charge in [-0.1, -0.05) is 24.3 Å². The third-order valence-electron chi connectivity index (χ3n) is 4.85. The van der Waals surface area contributed by atoms with E-state index in [0.29, 0.717) is 12.1 Å². The number of rotatable bonds is 8. The molecule has 30 heavy (non-hydrogen) atoms. The summed E-state index contributed by atoms with van der Waals surface area (Å²) in [5.74, 6) is 0.723. The Morgan fingerprint density at radius 3 is 2.67 bits per heavy atom. The van der Waals surface area contributed by atoms with Crippen LogP contribution in [0.4, 0.5) is 13.2 Å². The van der Waals surface area contributed by atoms with E-state index in [1.165, 1.54) is 10.4 Å². The second-order valence-electron chi connectivity index (χ2n) is 7.17. The van der Waals surface area contributed by atoms with E-state index in [1.54, 1.807) is 19.2 Å². The zero-order valence-electron chi connectivity index (χ0n) is 17.0. The molecule has 0 amide bonds. The van der Waals surface area contributed by atoms with E-state index in [1.807, 2.05) is 23.5 Å². The highest BCUT2D eigenvalue weighted by Crippen LogP contribution is 2.23. The van der Waals surface area contributed by atoms with Crippen LogP contribution in [0.2, 0.25) is 0 Å². The second-order valence-corrected chi connectivity index (χ2v) is 8.17. The van der Waals surface area contributed by atoms with Gasteiger partial charge in [0, 0.05) is 44.6 Å². The summed E-state index contributed by atoms with van der Waals surface area (Å²) in [4.78, 5) is 8.19. The fourth-order valence-electron chi connectivity index (χ4n) is 3.27. The first kappa shape index (κ1) is 22.6. The molecule has 0 spiro atoms. The molecule has 0 unspecified atom stereocenters. The molecule has 5 nitrogen and oxygen atoms in total. The van der Waals surface area contributed by atoms with E-state index >= 15 is 0 Å². The maximum Gasteiger partial charge on any atom is 0.411 e. The molecular formula is C21H27F3N4OS. The molecule has 0 saturated carbocycles. The van der Waals surface area contributed by atoms with Gasteiger partial charge in [-0.2, -0.15) is 13.2 Å². The monoisotopic (exact) mass is 440 g/mol. The first-order valence-electron chi connectivity index (χ1n) is 9.87. The van der Waals surface area contributed by atoms with Gasteiger partial charge in [-0.15, -0.1) is 11.3 Å². The van der Waals surface area contributed by atoms with Crippen LogP contribution < -0.4 is 10.6 Å². The van der Waals surface area contributed by atoms with Crippen LogP contribution in [0.1, 0.15) is 21.6 Å². The van der Waals surface area contributed by atoms with Crippen LogP contribution >= 0.6 is 11.3 Å². The summed E-state index contributed by atoms with van der Waals surface area (Å²) in [6, 6.07) is 9.52. The number of thiophene rings is 1. The Morgan fingerprint density at radius 2 is 1.93 bits per heavy atom. The first-order chi connectivity index (χ1) is 14.4. The van der Waals surface area contributed by atoms with Gasteiger partial charge in [-0.05, 0) is 34.6 Å². The molecule has 3 rings (SSSR count). The number of guanidine groups is 1. The number of benzene rings is 1. The molecule has 1 aliphatic rings. The molecule has 0 aliphatic carbocycles.